The Morgan fingerprint density at radius 2 is 1.60 bits per heavy atom. The van der Waals surface area contributed by atoms with Crippen molar-refractivity contribution < 1.29 is 27.4 Å². The Bertz CT molecular complexity index is 697. The number of nitrogens with one attached hydrogen (secondary N) is 1. The molecule has 0 radical (unpaired) electrons. The lowest BCUT2D eigenvalue weighted by Gasteiger charge is -2.17. The van der Waals surface area contributed by atoms with Gasteiger partial charge in [0.1, 0.15) is 11.5 Å². The highest BCUT2D eigenvalue weighted by atomic mass is 19.4. The molecule has 2 rings (SSSR count). The van der Waals surface area contributed by atoms with Gasteiger partial charge in [0, 0.05) is 5.69 Å². The van der Waals surface area contributed by atoms with E-state index in [4.69, 9.17) is 4.74 Å². The summed E-state index contributed by atoms with van der Waals surface area (Å²) in [5, 5.41) is 2.61. The first-order valence-corrected chi connectivity index (χ1v) is 7.67. The molecule has 0 saturated carbocycles. The maximum absolute atomic E-state index is 12.3. The molecule has 2 aromatic rings. The van der Waals surface area contributed by atoms with Crippen LogP contribution in [0, 0.1) is 6.92 Å². The van der Waals surface area contributed by atoms with Gasteiger partial charge in [0.25, 0.3) is 5.91 Å². The van der Waals surface area contributed by atoms with E-state index in [2.05, 4.69) is 10.1 Å². The molecular formula is C18H18F3NO3. The number of rotatable bonds is 6. The Labute approximate surface area is 143 Å². The van der Waals surface area contributed by atoms with Gasteiger partial charge in [0.2, 0.25) is 0 Å². The second-order valence-electron chi connectivity index (χ2n) is 5.39. The van der Waals surface area contributed by atoms with Crippen LogP contribution in [-0.2, 0) is 4.79 Å². The van der Waals surface area contributed by atoms with Gasteiger partial charge in [-0.05, 0) is 49.7 Å². The maximum Gasteiger partial charge on any atom is 0.573 e. The van der Waals surface area contributed by atoms with E-state index in [1.807, 2.05) is 19.1 Å². The van der Waals surface area contributed by atoms with Gasteiger partial charge in [-0.1, -0.05) is 24.6 Å². The van der Waals surface area contributed by atoms with Crippen molar-refractivity contribution in [1.82, 2.24) is 0 Å². The standard InChI is InChI=1S/C18H18F3NO3/c1-3-16(24-14-8-4-12(2)5-9-14)17(23)22-13-6-10-15(11-7-13)25-18(19,20)21/h4-11,16H,3H2,1-2H3,(H,22,23). The Hall–Kier alpha value is -2.70. The molecule has 0 bridgehead atoms. The molecule has 0 aliphatic rings. The molecule has 0 aliphatic carbocycles. The third-order valence-corrected chi connectivity index (χ3v) is 3.32. The van der Waals surface area contributed by atoms with Crippen LogP contribution in [0.4, 0.5) is 18.9 Å². The van der Waals surface area contributed by atoms with E-state index in [9.17, 15) is 18.0 Å². The summed E-state index contributed by atoms with van der Waals surface area (Å²) >= 11 is 0. The van der Waals surface area contributed by atoms with E-state index in [-0.39, 0.29) is 11.7 Å². The minimum absolute atomic E-state index is 0.352. The molecule has 4 nitrogen and oxygen atoms in total. The fourth-order valence-electron chi connectivity index (χ4n) is 2.07. The number of benzene rings is 2. The molecule has 7 heteroatoms. The van der Waals surface area contributed by atoms with Crippen molar-refractivity contribution in [3.8, 4) is 11.5 Å². The molecular weight excluding hydrogens is 335 g/mol. The highest BCUT2D eigenvalue weighted by Gasteiger charge is 2.31. The predicted octanol–water partition coefficient (Wildman–Crippen LogP) is 4.69. The van der Waals surface area contributed by atoms with Crippen LogP contribution in [0.2, 0.25) is 0 Å². The first kappa shape index (κ1) is 18.6. The third-order valence-electron chi connectivity index (χ3n) is 3.32. The zero-order valence-electron chi connectivity index (χ0n) is 13.8. The number of amides is 1. The first-order chi connectivity index (χ1) is 11.8. The molecule has 2 aromatic carbocycles. The fourth-order valence-corrected chi connectivity index (χ4v) is 2.07. The van der Waals surface area contributed by atoms with Crippen LogP contribution >= 0.6 is 0 Å². The lowest BCUT2D eigenvalue weighted by Crippen LogP contribution is -2.32. The number of anilines is 1. The molecule has 25 heavy (non-hydrogen) atoms. The molecule has 0 saturated heterocycles. The number of halogens is 3. The summed E-state index contributed by atoms with van der Waals surface area (Å²) in [6.07, 6.45) is -5.02. The Morgan fingerprint density at radius 3 is 2.12 bits per heavy atom. The number of alkyl halides is 3. The minimum atomic E-state index is -4.75. The molecule has 0 aliphatic heterocycles. The molecule has 0 heterocycles. The van der Waals surface area contributed by atoms with Gasteiger partial charge < -0.3 is 14.8 Å². The monoisotopic (exact) mass is 353 g/mol. The highest BCUT2D eigenvalue weighted by molar-refractivity contribution is 5.94. The van der Waals surface area contributed by atoms with Crippen molar-refractivity contribution in [1.29, 1.82) is 0 Å². The highest BCUT2D eigenvalue weighted by Crippen LogP contribution is 2.24. The van der Waals surface area contributed by atoms with Gasteiger partial charge in [-0.3, -0.25) is 4.79 Å². The van der Waals surface area contributed by atoms with E-state index in [1.165, 1.54) is 12.1 Å². The normalized spacial score (nSPS) is 12.4. The summed E-state index contributed by atoms with van der Waals surface area (Å²) in [6, 6.07) is 12.2. The van der Waals surface area contributed by atoms with Gasteiger partial charge in [0.05, 0.1) is 0 Å². The number of carbonyl (C=O) groups is 1. The lowest BCUT2D eigenvalue weighted by atomic mass is 10.2. The van der Waals surface area contributed by atoms with Crippen molar-refractivity contribution >= 4 is 11.6 Å². The zero-order chi connectivity index (χ0) is 18.4. The van der Waals surface area contributed by atoms with Crippen LogP contribution < -0.4 is 14.8 Å². The second-order valence-corrected chi connectivity index (χ2v) is 5.39. The smallest absolute Gasteiger partial charge is 0.481 e. The van der Waals surface area contributed by atoms with Crippen molar-refractivity contribution in [3.63, 3.8) is 0 Å². The largest absolute Gasteiger partial charge is 0.573 e. The average molecular weight is 353 g/mol. The van der Waals surface area contributed by atoms with Crippen LogP contribution in [0.1, 0.15) is 18.9 Å². The zero-order valence-corrected chi connectivity index (χ0v) is 13.8. The quantitative estimate of drug-likeness (QED) is 0.820. The summed E-state index contributed by atoms with van der Waals surface area (Å²) in [4.78, 5) is 12.3. The predicted molar refractivity (Wildman–Crippen MR) is 87.6 cm³/mol. The van der Waals surface area contributed by atoms with E-state index in [1.54, 1.807) is 19.1 Å². The molecule has 1 atom stereocenters. The summed E-state index contributed by atoms with van der Waals surface area (Å²) < 4.78 is 45.8. The van der Waals surface area contributed by atoms with Gasteiger partial charge in [0.15, 0.2) is 6.10 Å². The summed E-state index contributed by atoms with van der Waals surface area (Å²) in [7, 11) is 0. The molecule has 0 spiro atoms. The van der Waals surface area contributed by atoms with Gasteiger partial charge in [-0.15, -0.1) is 13.2 Å². The molecule has 1 unspecified atom stereocenters. The van der Waals surface area contributed by atoms with Crippen LogP contribution in [0.3, 0.4) is 0 Å². The number of ether oxygens (including phenoxy) is 2. The first-order valence-electron chi connectivity index (χ1n) is 7.67. The SMILES string of the molecule is CCC(Oc1ccc(C)cc1)C(=O)Nc1ccc(OC(F)(F)F)cc1. The van der Waals surface area contributed by atoms with Crippen molar-refractivity contribution in [2.75, 3.05) is 5.32 Å². The van der Waals surface area contributed by atoms with Crippen molar-refractivity contribution in [2.24, 2.45) is 0 Å². The van der Waals surface area contributed by atoms with Gasteiger partial charge in [-0.2, -0.15) is 0 Å². The van der Waals surface area contributed by atoms with Crippen LogP contribution in [-0.4, -0.2) is 18.4 Å². The fraction of sp³-hybridized carbons (Fsp3) is 0.278. The molecule has 1 N–H and O–H groups in total. The van der Waals surface area contributed by atoms with E-state index >= 15 is 0 Å². The summed E-state index contributed by atoms with van der Waals surface area (Å²) in [5.41, 5.74) is 1.43. The van der Waals surface area contributed by atoms with Crippen molar-refractivity contribution in [2.45, 2.75) is 32.7 Å². The number of carbonyl (C=O) groups excluding carboxylic acids is 1. The van der Waals surface area contributed by atoms with Crippen LogP contribution in [0.15, 0.2) is 48.5 Å². The Balaban J connectivity index is 1.97. The molecule has 0 aromatic heterocycles. The number of aryl methyl sites for hydroxylation is 1. The van der Waals surface area contributed by atoms with E-state index in [0.29, 0.717) is 17.9 Å². The Kier molecular flexibility index (Phi) is 5.90. The summed E-state index contributed by atoms with van der Waals surface area (Å²) in [5.74, 6) is -0.164. The van der Waals surface area contributed by atoms with E-state index < -0.39 is 12.5 Å². The second kappa shape index (κ2) is 7.92. The number of hydrogen-bond donors (Lipinski definition) is 1. The average Bonchev–Trinajstić information content (AvgIpc) is 2.54. The lowest BCUT2D eigenvalue weighted by molar-refractivity contribution is -0.274. The minimum Gasteiger partial charge on any atom is -0.481 e. The van der Waals surface area contributed by atoms with Gasteiger partial charge >= 0.3 is 6.36 Å². The maximum atomic E-state index is 12.3. The van der Waals surface area contributed by atoms with Crippen molar-refractivity contribution in [3.05, 3.63) is 54.1 Å². The van der Waals surface area contributed by atoms with Crippen LogP contribution in [0.25, 0.3) is 0 Å². The van der Waals surface area contributed by atoms with Gasteiger partial charge in [-0.25, -0.2) is 0 Å². The third kappa shape index (κ3) is 6.02. The summed E-state index contributed by atoms with van der Waals surface area (Å²) in [6.45, 7) is 3.75. The molecule has 0 fully saturated rings. The topological polar surface area (TPSA) is 47.6 Å². The molecule has 134 valence electrons. The van der Waals surface area contributed by atoms with Crippen LogP contribution in [0.5, 0.6) is 11.5 Å². The molecule has 1 amide bonds. The number of hydrogen-bond acceptors (Lipinski definition) is 3. The Morgan fingerprint density at radius 1 is 1.04 bits per heavy atom. The van der Waals surface area contributed by atoms with E-state index in [0.717, 1.165) is 17.7 Å².